The van der Waals surface area contributed by atoms with Gasteiger partial charge in [-0.1, -0.05) is 13.8 Å². The van der Waals surface area contributed by atoms with Crippen molar-refractivity contribution < 1.29 is 4.79 Å². The van der Waals surface area contributed by atoms with Gasteiger partial charge in [0, 0.05) is 0 Å². The number of aromatic amines is 1. The van der Waals surface area contributed by atoms with Gasteiger partial charge in [0.2, 0.25) is 0 Å². The predicted molar refractivity (Wildman–Crippen MR) is 42.5 cm³/mol. The molecule has 0 saturated carbocycles. The maximum absolute atomic E-state index is 10.2. The molecule has 3 N–H and O–H groups in total. The molecule has 0 atom stereocenters. The van der Waals surface area contributed by atoms with Crippen LogP contribution in [0.15, 0.2) is 0 Å². The number of hydrogen-bond donors (Lipinski definition) is 2. The molecule has 0 bridgehead atoms. The zero-order chi connectivity index (χ0) is 8.43. The van der Waals surface area contributed by atoms with Crippen LogP contribution in [0.2, 0.25) is 0 Å². The van der Waals surface area contributed by atoms with E-state index in [-0.39, 0.29) is 5.92 Å². The lowest BCUT2D eigenvalue weighted by Gasteiger charge is -1.99. The van der Waals surface area contributed by atoms with Crippen LogP contribution < -0.4 is 5.73 Å². The van der Waals surface area contributed by atoms with Crippen molar-refractivity contribution in [3.8, 4) is 0 Å². The highest BCUT2D eigenvalue weighted by molar-refractivity contribution is 5.70. The second-order valence-corrected chi connectivity index (χ2v) is 2.69. The zero-order valence-corrected chi connectivity index (χ0v) is 6.59. The van der Waals surface area contributed by atoms with E-state index >= 15 is 0 Å². The first-order valence-corrected chi connectivity index (χ1v) is 3.45. The van der Waals surface area contributed by atoms with Crippen molar-refractivity contribution in [3.05, 3.63) is 11.5 Å². The van der Waals surface area contributed by atoms with Crippen LogP contribution in [-0.2, 0) is 0 Å². The minimum absolute atomic E-state index is 0.274. The highest BCUT2D eigenvalue weighted by Crippen LogP contribution is 2.17. The molecule has 0 fully saturated rings. The fraction of sp³-hybridized carbons (Fsp3) is 0.429. The average Bonchev–Trinajstić information content (AvgIpc) is 2.30. The third kappa shape index (κ3) is 1.39. The molecule has 0 saturated heterocycles. The fourth-order valence-electron chi connectivity index (χ4n) is 0.916. The second-order valence-electron chi connectivity index (χ2n) is 2.69. The molecular formula is C7H11N3O. The summed E-state index contributed by atoms with van der Waals surface area (Å²) in [4.78, 5) is 16.9. The Kier molecular flexibility index (Phi) is 1.94. The topological polar surface area (TPSA) is 71.8 Å². The Balaban J connectivity index is 3.06. The van der Waals surface area contributed by atoms with Gasteiger partial charge in [-0.25, -0.2) is 4.98 Å². The van der Waals surface area contributed by atoms with Gasteiger partial charge in [-0.3, -0.25) is 4.79 Å². The molecule has 4 heteroatoms. The monoisotopic (exact) mass is 153 g/mol. The third-order valence-electron chi connectivity index (χ3n) is 1.47. The summed E-state index contributed by atoms with van der Waals surface area (Å²) in [7, 11) is 0. The standard InChI is InChI=1S/C7H11N3O/c1-4(2)6-7(8)10-5(3-11)9-6/h3-4H,8H2,1-2H3,(H,9,10). The molecule has 0 aliphatic carbocycles. The Morgan fingerprint density at radius 1 is 1.64 bits per heavy atom. The van der Waals surface area contributed by atoms with Crippen LogP contribution >= 0.6 is 0 Å². The van der Waals surface area contributed by atoms with E-state index in [9.17, 15) is 4.79 Å². The molecule has 0 aliphatic rings. The summed E-state index contributed by atoms with van der Waals surface area (Å²) < 4.78 is 0. The van der Waals surface area contributed by atoms with Gasteiger partial charge in [0.15, 0.2) is 12.1 Å². The Bertz CT molecular complexity index is 265. The minimum atomic E-state index is 0.274. The number of H-pyrrole nitrogens is 1. The molecule has 0 aliphatic heterocycles. The summed E-state index contributed by atoms with van der Waals surface area (Å²) in [6.45, 7) is 3.97. The Morgan fingerprint density at radius 3 is 2.55 bits per heavy atom. The van der Waals surface area contributed by atoms with E-state index in [1.54, 1.807) is 0 Å². The molecule has 1 heterocycles. The van der Waals surface area contributed by atoms with Crippen molar-refractivity contribution in [3.63, 3.8) is 0 Å². The highest BCUT2D eigenvalue weighted by Gasteiger charge is 2.08. The van der Waals surface area contributed by atoms with Crippen molar-refractivity contribution >= 4 is 12.1 Å². The van der Waals surface area contributed by atoms with E-state index in [1.165, 1.54) is 0 Å². The number of nitrogens with two attached hydrogens (primary N) is 1. The smallest absolute Gasteiger partial charge is 0.185 e. The first-order chi connectivity index (χ1) is 5.15. The van der Waals surface area contributed by atoms with Crippen molar-refractivity contribution in [1.82, 2.24) is 9.97 Å². The summed E-state index contributed by atoms with van der Waals surface area (Å²) in [5, 5.41) is 0. The van der Waals surface area contributed by atoms with Crippen LogP contribution in [0, 0.1) is 0 Å². The van der Waals surface area contributed by atoms with Gasteiger partial charge >= 0.3 is 0 Å². The molecular weight excluding hydrogens is 142 g/mol. The summed E-state index contributed by atoms with van der Waals surface area (Å²) in [5.41, 5.74) is 6.34. The van der Waals surface area contributed by atoms with Crippen molar-refractivity contribution in [1.29, 1.82) is 0 Å². The number of nitrogens with zero attached hydrogens (tertiary/aromatic N) is 1. The third-order valence-corrected chi connectivity index (χ3v) is 1.47. The van der Waals surface area contributed by atoms with E-state index in [0.29, 0.717) is 17.9 Å². The summed E-state index contributed by atoms with van der Waals surface area (Å²) in [6.07, 6.45) is 0.655. The molecule has 0 spiro atoms. The highest BCUT2D eigenvalue weighted by atomic mass is 16.1. The molecule has 0 amide bonds. The second kappa shape index (κ2) is 2.74. The number of aromatic nitrogens is 2. The number of carbonyl (C=O) groups is 1. The summed E-state index contributed by atoms with van der Waals surface area (Å²) in [5.74, 6) is 0.990. The van der Waals surface area contributed by atoms with Crippen LogP contribution in [0.4, 0.5) is 5.82 Å². The van der Waals surface area contributed by atoms with Crippen LogP contribution in [-0.4, -0.2) is 16.3 Å². The van der Waals surface area contributed by atoms with E-state index < -0.39 is 0 Å². The molecule has 0 radical (unpaired) electrons. The molecule has 0 unspecified atom stereocenters. The zero-order valence-electron chi connectivity index (χ0n) is 6.59. The number of imidazole rings is 1. The van der Waals surface area contributed by atoms with E-state index in [4.69, 9.17) is 5.73 Å². The molecule has 1 aromatic heterocycles. The van der Waals surface area contributed by atoms with E-state index in [2.05, 4.69) is 9.97 Å². The lowest BCUT2D eigenvalue weighted by molar-refractivity contribution is 0.111. The molecule has 1 aromatic rings. The van der Waals surface area contributed by atoms with Gasteiger partial charge < -0.3 is 10.7 Å². The van der Waals surface area contributed by atoms with Gasteiger partial charge in [-0.2, -0.15) is 0 Å². The molecule has 60 valence electrons. The van der Waals surface area contributed by atoms with Crippen molar-refractivity contribution in [2.45, 2.75) is 19.8 Å². The summed E-state index contributed by atoms with van der Waals surface area (Å²) >= 11 is 0. The number of aldehydes is 1. The van der Waals surface area contributed by atoms with Gasteiger partial charge in [-0.05, 0) is 5.92 Å². The molecule has 4 nitrogen and oxygen atoms in total. The van der Waals surface area contributed by atoms with Crippen LogP contribution in [0.25, 0.3) is 0 Å². The van der Waals surface area contributed by atoms with Crippen LogP contribution in [0.3, 0.4) is 0 Å². The predicted octanol–water partition coefficient (Wildman–Crippen LogP) is 0.928. The number of hydrogen-bond acceptors (Lipinski definition) is 3. The van der Waals surface area contributed by atoms with E-state index in [1.807, 2.05) is 13.8 Å². The molecule has 1 rings (SSSR count). The number of nitrogen functional groups attached to an aromatic ring is 1. The van der Waals surface area contributed by atoms with Gasteiger partial charge in [-0.15, -0.1) is 0 Å². The molecule has 0 aromatic carbocycles. The summed E-state index contributed by atoms with van der Waals surface area (Å²) in [6, 6.07) is 0. The Morgan fingerprint density at radius 2 is 2.27 bits per heavy atom. The van der Waals surface area contributed by atoms with Crippen LogP contribution in [0.5, 0.6) is 0 Å². The number of carbonyl (C=O) groups excluding carboxylic acids is 1. The fourth-order valence-corrected chi connectivity index (χ4v) is 0.916. The van der Waals surface area contributed by atoms with Crippen LogP contribution in [0.1, 0.15) is 36.1 Å². The quantitative estimate of drug-likeness (QED) is 0.621. The SMILES string of the molecule is CC(C)c1[nH]c(C=O)nc1N. The first kappa shape index (κ1) is 7.78. The normalized spacial score (nSPS) is 10.5. The maximum atomic E-state index is 10.2. The maximum Gasteiger partial charge on any atom is 0.185 e. The van der Waals surface area contributed by atoms with Crippen molar-refractivity contribution in [2.24, 2.45) is 0 Å². The number of nitrogens with one attached hydrogen (secondary N) is 1. The largest absolute Gasteiger partial charge is 0.382 e. The lowest BCUT2D eigenvalue weighted by atomic mass is 10.1. The van der Waals surface area contributed by atoms with Gasteiger partial charge in [0.1, 0.15) is 5.82 Å². The van der Waals surface area contributed by atoms with E-state index in [0.717, 1.165) is 5.69 Å². The Hall–Kier alpha value is -1.32. The molecule has 11 heavy (non-hydrogen) atoms. The van der Waals surface area contributed by atoms with Gasteiger partial charge in [0.25, 0.3) is 0 Å². The van der Waals surface area contributed by atoms with Crippen molar-refractivity contribution in [2.75, 3.05) is 5.73 Å². The Labute approximate surface area is 64.8 Å². The average molecular weight is 153 g/mol. The minimum Gasteiger partial charge on any atom is -0.382 e. The number of rotatable bonds is 2. The van der Waals surface area contributed by atoms with Gasteiger partial charge in [0.05, 0.1) is 5.69 Å². The first-order valence-electron chi connectivity index (χ1n) is 3.45. The lowest BCUT2D eigenvalue weighted by Crippen LogP contribution is -1.94. The number of anilines is 1.